The first-order chi connectivity index (χ1) is 17.0. The second kappa shape index (κ2) is 11.6. The van der Waals surface area contributed by atoms with E-state index in [1.165, 1.54) is 18.2 Å². The third kappa shape index (κ3) is 6.67. The number of methoxy groups -OCH3 is 1. The highest BCUT2D eigenvalue weighted by Crippen LogP contribution is 2.23. The fourth-order valence-electron chi connectivity index (χ4n) is 4.05. The summed E-state index contributed by atoms with van der Waals surface area (Å²) >= 11 is 0. The van der Waals surface area contributed by atoms with Crippen molar-refractivity contribution in [1.29, 1.82) is 0 Å². The van der Waals surface area contributed by atoms with Crippen molar-refractivity contribution in [2.75, 3.05) is 25.2 Å². The van der Waals surface area contributed by atoms with Crippen molar-refractivity contribution in [3.63, 3.8) is 0 Å². The average molecular weight is 477 g/mol. The van der Waals surface area contributed by atoms with Gasteiger partial charge in [0.25, 0.3) is 5.91 Å². The normalized spacial score (nSPS) is 15.0. The van der Waals surface area contributed by atoms with E-state index >= 15 is 0 Å². The van der Waals surface area contributed by atoms with E-state index in [1.54, 1.807) is 18.1 Å². The lowest BCUT2D eigenvalue weighted by atomic mass is 10.1. The van der Waals surface area contributed by atoms with E-state index in [4.69, 9.17) is 9.47 Å². The van der Waals surface area contributed by atoms with E-state index in [9.17, 15) is 14.0 Å². The summed E-state index contributed by atoms with van der Waals surface area (Å²) in [5.41, 5.74) is 2.64. The van der Waals surface area contributed by atoms with Crippen LogP contribution in [-0.4, -0.2) is 38.2 Å². The van der Waals surface area contributed by atoms with Gasteiger partial charge in [-0.05, 0) is 66.4 Å². The summed E-state index contributed by atoms with van der Waals surface area (Å²) in [7, 11) is 1.60. The number of nitrogens with one attached hydrogen (secondary N) is 1. The van der Waals surface area contributed by atoms with Crippen LogP contribution in [0.4, 0.5) is 10.1 Å². The van der Waals surface area contributed by atoms with Gasteiger partial charge in [-0.2, -0.15) is 0 Å². The molecule has 0 aromatic heterocycles. The van der Waals surface area contributed by atoms with Crippen molar-refractivity contribution in [2.45, 2.75) is 31.9 Å². The summed E-state index contributed by atoms with van der Waals surface area (Å²) in [6, 6.07) is 20.4. The Bertz CT molecular complexity index is 1140. The lowest BCUT2D eigenvalue weighted by Crippen LogP contribution is -2.32. The molecule has 0 spiro atoms. The standard InChI is InChI=1S/C28H29FN2O4/c1-34-25-13-9-21(10-14-25)19-31(28(33)22-4-2-5-23(29)17-22)24-11-7-20(8-12-24)16-27(32)30-18-26-6-3-15-35-26/h2,4-5,7-14,17,26H,3,6,15-16,18-19H2,1H3,(H,30,32). The molecule has 0 aliphatic carbocycles. The molecule has 4 rings (SSSR count). The van der Waals surface area contributed by atoms with Gasteiger partial charge in [0, 0.05) is 24.4 Å². The quantitative estimate of drug-likeness (QED) is 0.493. The van der Waals surface area contributed by atoms with Gasteiger partial charge in [-0.25, -0.2) is 4.39 Å². The van der Waals surface area contributed by atoms with E-state index in [1.807, 2.05) is 48.5 Å². The number of ether oxygens (including phenoxy) is 2. The van der Waals surface area contributed by atoms with Crippen LogP contribution >= 0.6 is 0 Å². The molecular weight excluding hydrogens is 447 g/mol. The highest BCUT2D eigenvalue weighted by molar-refractivity contribution is 6.06. The predicted octanol–water partition coefficient (Wildman–Crippen LogP) is 4.52. The van der Waals surface area contributed by atoms with Gasteiger partial charge in [-0.3, -0.25) is 9.59 Å². The summed E-state index contributed by atoms with van der Waals surface area (Å²) < 4.78 is 24.6. The molecular formula is C28H29FN2O4. The van der Waals surface area contributed by atoms with Gasteiger partial charge in [-0.15, -0.1) is 0 Å². The van der Waals surface area contributed by atoms with Crippen molar-refractivity contribution in [2.24, 2.45) is 0 Å². The smallest absolute Gasteiger partial charge is 0.258 e. The number of hydrogen-bond donors (Lipinski definition) is 1. The number of benzene rings is 3. The Labute approximate surface area is 204 Å². The molecule has 2 amide bonds. The summed E-state index contributed by atoms with van der Waals surface area (Å²) in [4.78, 5) is 27.3. The number of rotatable bonds is 9. The lowest BCUT2D eigenvalue weighted by molar-refractivity contribution is -0.120. The summed E-state index contributed by atoms with van der Waals surface area (Å²) in [5.74, 6) is -0.134. The number of amides is 2. The van der Waals surface area contributed by atoms with Gasteiger partial charge in [0.2, 0.25) is 5.91 Å². The summed E-state index contributed by atoms with van der Waals surface area (Å²) in [5, 5.41) is 2.92. The van der Waals surface area contributed by atoms with Crippen molar-refractivity contribution < 1.29 is 23.5 Å². The molecule has 1 unspecified atom stereocenters. The minimum atomic E-state index is -0.468. The first-order valence-electron chi connectivity index (χ1n) is 11.7. The van der Waals surface area contributed by atoms with E-state index in [0.717, 1.165) is 36.3 Å². The van der Waals surface area contributed by atoms with E-state index < -0.39 is 5.82 Å². The second-order valence-electron chi connectivity index (χ2n) is 8.53. The Kier molecular flexibility index (Phi) is 8.11. The molecule has 0 bridgehead atoms. The van der Waals surface area contributed by atoms with Crippen molar-refractivity contribution in [1.82, 2.24) is 5.32 Å². The Morgan fingerprint density at radius 1 is 1.06 bits per heavy atom. The molecule has 1 fully saturated rings. The second-order valence-corrected chi connectivity index (χ2v) is 8.53. The molecule has 182 valence electrons. The van der Waals surface area contributed by atoms with Crippen LogP contribution in [0.25, 0.3) is 0 Å². The predicted molar refractivity (Wildman–Crippen MR) is 132 cm³/mol. The molecule has 7 heteroatoms. The molecule has 1 saturated heterocycles. The number of halogens is 1. The Morgan fingerprint density at radius 2 is 1.80 bits per heavy atom. The van der Waals surface area contributed by atoms with Crippen molar-refractivity contribution in [3.05, 3.63) is 95.3 Å². The molecule has 1 N–H and O–H groups in total. The van der Waals surface area contributed by atoms with Gasteiger partial charge < -0.3 is 19.7 Å². The van der Waals surface area contributed by atoms with Crippen LogP contribution in [0.3, 0.4) is 0 Å². The monoisotopic (exact) mass is 476 g/mol. The zero-order chi connectivity index (χ0) is 24.6. The molecule has 0 saturated carbocycles. The average Bonchev–Trinajstić information content (AvgIpc) is 3.40. The molecule has 0 radical (unpaired) electrons. The van der Waals surface area contributed by atoms with Crippen LogP contribution in [-0.2, 0) is 22.5 Å². The van der Waals surface area contributed by atoms with Crippen LogP contribution in [0.1, 0.15) is 34.3 Å². The van der Waals surface area contributed by atoms with Gasteiger partial charge in [0.15, 0.2) is 0 Å². The van der Waals surface area contributed by atoms with Gasteiger partial charge in [-0.1, -0.05) is 30.3 Å². The minimum absolute atomic E-state index is 0.0702. The summed E-state index contributed by atoms with van der Waals surface area (Å²) in [6.45, 7) is 1.57. The minimum Gasteiger partial charge on any atom is -0.497 e. The van der Waals surface area contributed by atoms with Gasteiger partial charge in [0.1, 0.15) is 11.6 Å². The molecule has 6 nitrogen and oxygen atoms in total. The van der Waals surface area contributed by atoms with E-state index in [-0.39, 0.29) is 29.9 Å². The fraction of sp³-hybridized carbons (Fsp3) is 0.286. The van der Waals surface area contributed by atoms with Crippen LogP contribution in [0.2, 0.25) is 0 Å². The van der Waals surface area contributed by atoms with Crippen LogP contribution in [0.15, 0.2) is 72.8 Å². The van der Waals surface area contributed by atoms with Gasteiger partial charge >= 0.3 is 0 Å². The van der Waals surface area contributed by atoms with Gasteiger partial charge in [0.05, 0.1) is 26.2 Å². The first kappa shape index (κ1) is 24.4. The maximum absolute atomic E-state index is 13.8. The maximum Gasteiger partial charge on any atom is 0.258 e. The SMILES string of the molecule is COc1ccc(CN(C(=O)c2cccc(F)c2)c2ccc(CC(=O)NCC3CCCO3)cc2)cc1. The van der Waals surface area contributed by atoms with Crippen LogP contribution in [0, 0.1) is 5.82 Å². The fourth-order valence-corrected chi connectivity index (χ4v) is 4.05. The third-order valence-corrected chi connectivity index (χ3v) is 5.98. The Morgan fingerprint density at radius 3 is 2.46 bits per heavy atom. The number of carbonyl (C=O) groups excluding carboxylic acids is 2. The lowest BCUT2D eigenvalue weighted by Gasteiger charge is -2.24. The summed E-state index contributed by atoms with van der Waals surface area (Å²) in [6.07, 6.45) is 2.34. The van der Waals surface area contributed by atoms with Crippen molar-refractivity contribution >= 4 is 17.5 Å². The number of nitrogens with zero attached hydrogens (tertiary/aromatic N) is 1. The number of carbonyl (C=O) groups is 2. The first-order valence-corrected chi connectivity index (χ1v) is 11.7. The van der Waals surface area contributed by atoms with Crippen LogP contribution in [0.5, 0.6) is 5.75 Å². The zero-order valence-electron chi connectivity index (χ0n) is 19.7. The molecule has 1 aliphatic heterocycles. The van der Waals surface area contributed by atoms with Crippen molar-refractivity contribution in [3.8, 4) is 5.75 Å². The van der Waals surface area contributed by atoms with E-state index in [2.05, 4.69) is 5.32 Å². The molecule has 1 atom stereocenters. The number of hydrogen-bond acceptors (Lipinski definition) is 4. The number of anilines is 1. The maximum atomic E-state index is 13.8. The largest absolute Gasteiger partial charge is 0.497 e. The Balaban J connectivity index is 1.49. The highest BCUT2D eigenvalue weighted by Gasteiger charge is 2.20. The molecule has 1 aliphatic rings. The molecule has 3 aromatic rings. The zero-order valence-corrected chi connectivity index (χ0v) is 19.7. The van der Waals surface area contributed by atoms with E-state index in [0.29, 0.717) is 18.8 Å². The highest BCUT2D eigenvalue weighted by atomic mass is 19.1. The third-order valence-electron chi connectivity index (χ3n) is 5.98. The topological polar surface area (TPSA) is 67.9 Å². The molecule has 1 heterocycles. The molecule has 35 heavy (non-hydrogen) atoms. The Hall–Kier alpha value is -3.71. The van der Waals surface area contributed by atoms with Crippen LogP contribution < -0.4 is 15.0 Å². The molecule has 3 aromatic carbocycles.